The molecule has 1 rings (SSSR count). The van der Waals surface area contributed by atoms with Gasteiger partial charge in [0.1, 0.15) is 12.2 Å². The third-order valence-corrected chi connectivity index (χ3v) is 3.79. The van der Waals surface area contributed by atoms with Gasteiger partial charge in [-0.05, 0) is 18.8 Å². The second-order valence-electron chi connectivity index (χ2n) is 5.30. The van der Waals surface area contributed by atoms with Crippen LogP contribution in [0.4, 0.5) is 0 Å². The number of nitrogens with two attached hydrogens (primary N) is 1. The number of carbonyl (C=O) groups is 2. The first-order chi connectivity index (χ1) is 9.27. The van der Waals surface area contributed by atoms with Crippen LogP contribution in [0.2, 0.25) is 0 Å². The molecule has 21 heavy (non-hydrogen) atoms. The number of amides is 1. The SMILES string of the molecule is C.CC(=O)NC(C(O)C(O)CO)[C@H]1CC(C(=O)O)C[C@@H]1N. The van der Waals surface area contributed by atoms with Gasteiger partial charge in [-0.2, -0.15) is 0 Å². The van der Waals surface area contributed by atoms with Crippen molar-refractivity contribution in [3.63, 3.8) is 0 Å². The van der Waals surface area contributed by atoms with E-state index in [1.165, 1.54) is 6.92 Å². The minimum atomic E-state index is -1.43. The van der Waals surface area contributed by atoms with Crippen molar-refractivity contribution in [1.82, 2.24) is 5.32 Å². The number of rotatable bonds is 6. The van der Waals surface area contributed by atoms with E-state index in [2.05, 4.69) is 5.32 Å². The lowest BCUT2D eigenvalue weighted by atomic mass is 9.88. The maximum atomic E-state index is 11.2. The summed E-state index contributed by atoms with van der Waals surface area (Å²) < 4.78 is 0. The van der Waals surface area contributed by atoms with Crippen molar-refractivity contribution in [3.05, 3.63) is 0 Å². The molecule has 8 nitrogen and oxygen atoms in total. The molecule has 0 bridgehead atoms. The van der Waals surface area contributed by atoms with Crippen molar-refractivity contribution < 1.29 is 30.0 Å². The van der Waals surface area contributed by atoms with Crippen molar-refractivity contribution in [2.24, 2.45) is 17.6 Å². The van der Waals surface area contributed by atoms with E-state index in [1.807, 2.05) is 0 Å². The van der Waals surface area contributed by atoms with E-state index in [9.17, 15) is 19.8 Å². The van der Waals surface area contributed by atoms with Crippen molar-refractivity contribution in [2.45, 2.75) is 51.5 Å². The van der Waals surface area contributed by atoms with E-state index in [-0.39, 0.29) is 20.3 Å². The van der Waals surface area contributed by atoms with Crippen molar-refractivity contribution in [1.29, 1.82) is 0 Å². The Hall–Kier alpha value is -1.22. The summed E-state index contributed by atoms with van der Waals surface area (Å²) in [6, 6.07) is -1.40. The van der Waals surface area contributed by atoms with Crippen LogP contribution in [0.15, 0.2) is 0 Å². The molecule has 7 N–H and O–H groups in total. The Balaban J connectivity index is 0.00000400. The van der Waals surface area contributed by atoms with Crippen LogP contribution in [0.5, 0.6) is 0 Å². The highest BCUT2D eigenvalue weighted by Crippen LogP contribution is 2.34. The summed E-state index contributed by atoms with van der Waals surface area (Å²) in [5.74, 6) is -2.51. The van der Waals surface area contributed by atoms with E-state index in [0.29, 0.717) is 0 Å². The number of carbonyl (C=O) groups excluding carboxylic acids is 1. The highest BCUT2D eigenvalue weighted by Gasteiger charge is 2.44. The van der Waals surface area contributed by atoms with Crippen LogP contribution in [0.3, 0.4) is 0 Å². The molecule has 0 spiro atoms. The van der Waals surface area contributed by atoms with Gasteiger partial charge in [0.25, 0.3) is 0 Å². The first kappa shape index (κ1) is 19.8. The molecule has 1 amide bonds. The number of hydrogen-bond acceptors (Lipinski definition) is 6. The van der Waals surface area contributed by atoms with E-state index in [0.717, 1.165) is 0 Å². The third kappa shape index (κ3) is 4.92. The smallest absolute Gasteiger partial charge is 0.306 e. The van der Waals surface area contributed by atoms with Gasteiger partial charge in [-0.25, -0.2) is 0 Å². The summed E-state index contributed by atoms with van der Waals surface area (Å²) >= 11 is 0. The predicted octanol–water partition coefficient (Wildman–Crippen LogP) is -1.72. The molecule has 0 heterocycles. The monoisotopic (exact) mass is 306 g/mol. The van der Waals surface area contributed by atoms with E-state index >= 15 is 0 Å². The molecule has 1 saturated carbocycles. The fourth-order valence-electron chi connectivity index (χ4n) is 2.75. The second-order valence-corrected chi connectivity index (χ2v) is 5.30. The zero-order valence-corrected chi connectivity index (χ0v) is 11.3. The van der Waals surface area contributed by atoms with Crippen LogP contribution in [0, 0.1) is 11.8 Å². The molecular formula is C13H26N2O6. The van der Waals surface area contributed by atoms with Crippen molar-refractivity contribution in [2.75, 3.05) is 6.61 Å². The molecule has 0 saturated heterocycles. The summed E-state index contributed by atoms with van der Waals surface area (Å²) in [4.78, 5) is 22.2. The van der Waals surface area contributed by atoms with Crippen LogP contribution in [0.25, 0.3) is 0 Å². The Morgan fingerprint density at radius 2 is 1.90 bits per heavy atom. The number of aliphatic hydroxyl groups is 3. The topological polar surface area (TPSA) is 153 Å². The molecule has 1 aliphatic carbocycles. The lowest BCUT2D eigenvalue weighted by Gasteiger charge is -2.33. The van der Waals surface area contributed by atoms with Gasteiger partial charge in [-0.15, -0.1) is 0 Å². The van der Waals surface area contributed by atoms with Crippen LogP contribution in [-0.2, 0) is 9.59 Å². The lowest BCUT2D eigenvalue weighted by Crippen LogP contribution is -2.55. The summed E-state index contributed by atoms with van der Waals surface area (Å²) in [6.45, 7) is 0.585. The Morgan fingerprint density at radius 3 is 2.29 bits per heavy atom. The van der Waals surface area contributed by atoms with Crippen LogP contribution < -0.4 is 11.1 Å². The molecule has 0 radical (unpaired) electrons. The molecule has 124 valence electrons. The maximum Gasteiger partial charge on any atom is 0.306 e. The zero-order chi connectivity index (χ0) is 15.4. The van der Waals surface area contributed by atoms with Gasteiger partial charge in [0, 0.05) is 13.0 Å². The third-order valence-electron chi connectivity index (χ3n) is 3.79. The molecule has 0 aromatic rings. The molecule has 0 aliphatic heterocycles. The first-order valence-corrected chi connectivity index (χ1v) is 6.50. The largest absolute Gasteiger partial charge is 0.481 e. The fraction of sp³-hybridized carbons (Fsp3) is 0.846. The van der Waals surface area contributed by atoms with E-state index in [1.54, 1.807) is 0 Å². The summed E-state index contributed by atoms with van der Waals surface area (Å²) in [7, 11) is 0. The highest BCUT2D eigenvalue weighted by atomic mass is 16.4. The molecule has 6 atom stereocenters. The van der Waals surface area contributed by atoms with Gasteiger partial charge < -0.3 is 31.5 Å². The first-order valence-electron chi connectivity index (χ1n) is 6.50. The number of aliphatic carboxylic acids is 1. The standard InChI is InChI=1S/C12H22N2O6.CH4/c1-5(16)14-10(11(18)9(17)4-15)7-2-6(12(19)20)3-8(7)13;/h6-11,15,17-18H,2-4,13H2,1H3,(H,14,16)(H,19,20);1H4/t6?,7-,8-,9?,10?,11?;/m0./s1. The summed E-state index contributed by atoms with van der Waals surface area (Å²) in [6.07, 6.45) is -2.38. The number of carboxylic acids is 1. The minimum absolute atomic E-state index is 0. The maximum absolute atomic E-state index is 11.2. The number of aliphatic hydroxyl groups excluding tert-OH is 3. The summed E-state index contributed by atoms with van der Waals surface area (Å²) in [5.41, 5.74) is 5.89. The normalized spacial score (nSPS) is 29.1. The van der Waals surface area contributed by atoms with Gasteiger partial charge in [0.05, 0.1) is 18.6 Å². The molecule has 4 unspecified atom stereocenters. The number of carboxylic acid groups (broad SMARTS) is 1. The average Bonchev–Trinajstić information content (AvgIpc) is 2.76. The number of hydrogen-bond donors (Lipinski definition) is 6. The molecule has 0 aromatic carbocycles. The van der Waals surface area contributed by atoms with Gasteiger partial charge in [-0.3, -0.25) is 9.59 Å². The van der Waals surface area contributed by atoms with Gasteiger partial charge >= 0.3 is 5.97 Å². The Bertz CT molecular complexity index is 365. The van der Waals surface area contributed by atoms with Crippen LogP contribution in [-0.4, -0.2) is 63.2 Å². The van der Waals surface area contributed by atoms with Gasteiger partial charge in [-0.1, -0.05) is 7.43 Å². The minimum Gasteiger partial charge on any atom is -0.481 e. The average molecular weight is 306 g/mol. The highest BCUT2D eigenvalue weighted by molar-refractivity contribution is 5.73. The lowest BCUT2D eigenvalue weighted by molar-refractivity contribution is -0.141. The Kier molecular flexibility index (Phi) is 7.80. The number of nitrogens with one attached hydrogen (secondary N) is 1. The zero-order valence-electron chi connectivity index (χ0n) is 11.3. The molecular weight excluding hydrogens is 280 g/mol. The Morgan fingerprint density at radius 1 is 1.33 bits per heavy atom. The quantitative estimate of drug-likeness (QED) is 0.341. The van der Waals surface area contributed by atoms with Gasteiger partial charge in [0.2, 0.25) is 5.91 Å². The van der Waals surface area contributed by atoms with Crippen LogP contribution >= 0.6 is 0 Å². The predicted molar refractivity (Wildman–Crippen MR) is 75.3 cm³/mol. The molecule has 1 aliphatic rings. The van der Waals surface area contributed by atoms with E-state index < -0.39 is 54.6 Å². The van der Waals surface area contributed by atoms with E-state index in [4.69, 9.17) is 15.9 Å². The second kappa shape index (κ2) is 8.28. The van der Waals surface area contributed by atoms with Gasteiger partial charge in [0.15, 0.2) is 0 Å². The fourth-order valence-corrected chi connectivity index (χ4v) is 2.75. The van der Waals surface area contributed by atoms with Crippen LogP contribution in [0.1, 0.15) is 27.2 Å². The summed E-state index contributed by atoms with van der Waals surface area (Å²) in [5, 5.41) is 39.9. The molecule has 1 fully saturated rings. The Labute approximate surface area is 124 Å². The van der Waals surface area contributed by atoms with Crippen molar-refractivity contribution in [3.8, 4) is 0 Å². The molecule has 0 aromatic heterocycles. The molecule has 8 heteroatoms. The van der Waals surface area contributed by atoms with Crippen molar-refractivity contribution >= 4 is 11.9 Å².